The van der Waals surface area contributed by atoms with Crippen molar-refractivity contribution in [1.82, 2.24) is 0 Å². The Morgan fingerprint density at radius 3 is 2.24 bits per heavy atom. The quantitative estimate of drug-likeness (QED) is 0.862. The molecule has 1 nitrogen and oxygen atoms in total. The van der Waals surface area contributed by atoms with Gasteiger partial charge in [0.25, 0.3) is 0 Å². The molecule has 0 fully saturated rings. The highest BCUT2D eigenvalue weighted by Crippen LogP contribution is 2.38. The van der Waals surface area contributed by atoms with Crippen molar-refractivity contribution in [2.75, 3.05) is 0 Å². The maximum Gasteiger partial charge on any atom is 0.419 e. The molecule has 1 aromatic heterocycles. The first-order valence-corrected chi connectivity index (χ1v) is 5.70. The van der Waals surface area contributed by atoms with Gasteiger partial charge in [-0.05, 0) is 17.7 Å². The van der Waals surface area contributed by atoms with Crippen LogP contribution in [0.4, 0.5) is 13.2 Å². The van der Waals surface area contributed by atoms with Crippen molar-refractivity contribution in [3.63, 3.8) is 0 Å². The molecular formula is C12H9F3OS. The third kappa shape index (κ3) is 2.68. The van der Waals surface area contributed by atoms with Gasteiger partial charge in [-0.25, -0.2) is 0 Å². The summed E-state index contributed by atoms with van der Waals surface area (Å²) in [5.74, 6) is 0. The molecule has 17 heavy (non-hydrogen) atoms. The van der Waals surface area contributed by atoms with Crippen LogP contribution in [0.3, 0.4) is 0 Å². The van der Waals surface area contributed by atoms with Crippen LogP contribution < -0.4 is 0 Å². The average molecular weight is 258 g/mol. The van der Waals surface area contributed by atoms with Crippen LogP contribution in [0.5, 0.6) is 0 Å². The summed E-state index contributed by atoms with van der Waals surface area (Å²) in [6, 6.07) is 12.0. The summed E-state index contributed by atoms with van der Waals surface area (Å²) in [7, 11) is 0. The predicted octanol–water partition coefficient (Wildman–Crippen LogP) is 4.01. The normalized spacial score (nSPS) is 13.6. The lowest BCUT2D eigenvalue weighted by Gasteiger charge is -2.12. The number of thiophene rings is 1. The molecular weight excluding hydrogens is 249 g/mol. The van der Waals surface area contributed by atoms with Crippen LogP contribution >= 0.6 is 11.3 Å². The third-order valence-corrected chi connectivity index (χ3v) is 3.45. The van der Waals surface area contributed by atoms with E-state index in [0.29, 0.717) is 4.88 Å². The fourth-order valence-corrected chi connectivity index (χ4v) is 2.44. The maximum absolute atomic E-state index is 12.3. The SMILES string of the molecule is OC(c1ccc(-c2ccccc2)s1)C(F)(F)F. The Morgan fingerprint density at radius 1 is 1.00 bits per heavy atom. The van der Waals surface area contributed by atoms with Gasteiger partial charge < -0.3 is 5.11 Å². The van der Waals surface area contributed by atoms with Crippen LogP contribution in [-0.4, -0.2) is 11.3 Å². The molecule has 0 bridgehead atoms. The number of hydrogen-bond acceptors (Lipinski definition) is 2. The highest BCUT2D eigenvalue weighted by Gasteiger charge is 2.40. The second kappa shape index (κ2) is 4.50. The van der Waals surface area contributed by atoms with Crippen LogP contribution in [0.2, 0.25) is 0 Å². The van der Waals surface area contributed by atoms with Crippen molar-refractivity contribution >= 4 is 11.3 Å². The Morgan fingerprint density at radius 2 is 1.65 bits per heavy atom. The average Bonchev–Trinajstić information content (AvgIpc) is 2.77. The summed E-state index contributed by atoms with van der Waals surface area (Å²) < 4.78 is 36.9. The van der Waals surface area contributed by atoms with Crippen molar-refractivity contribution in [3.8, 4) is 10.4 Å². The topological polar surface area (TPSA) is 20.2 Å². The summed E-state index contributed by atoms with van der Waals surface area (Å²) in [4.78, 5) is 0.625. The molecule has 90 valence electrons. The minimum Gasteiger partial charge on any atom is -0.379 e. The van der Waals surface area contributed by atoms with Crippen molar-refractivity contribution in [2.24, 2.45) is 0 Å². The number of alkyl halides is 3. The predicted molar refractivity (Wildman–Crippen MR) is 60.8 cm³/mol. The fourth-order valence-electron chi connectivity index (χ4n) is 1.42. The van der Waals surface area contributed by atoms with Gasteiger partial charge in [0.1, 0.15) is 0 Å². The molecule has 0 saturated carbocycles. The smallest absolute Gasteiger partial charge is 0.379 e. The van der Waals surface area contributed by atoms with Crippen molar-refractivity contribution in [2.45, 2.75) is 12.3 Å². The highest BCUT2D eigenvalue weighted by molar-refractivity contribution is 7.15. The third-order valence-electron chi connectivity index (χ3n) is 2.26. The molecule has 0 radical (unpaired) electrons. The van der Waals surface area contributed by atoms with E-state index < -0.39 is 12.3 Å². The largest absolute Gasteiger partial charge is 0.419 e. The zero-order valence-corrected chi connectivity index (χ0v) is 9.42. The minimum atomic E-state index is -4.61. The highest BCUT2D eigenvalue weighted by atomic mass is 32.1. The lowest BCUT2D eigenvalue weighted by molar-refractivity contribution is -0.205. The molecule has 1 unspecified atom stereocenters. The first-order valence-electron chi connectivity index (χ1n) is 4.88. The Labute approximate surface area is 100 Å². The molecule has 0 aliphatic carbocycles. The number of aliphatic hydroxyl groups excluding tert-OH is 1. The van der Waals surface area contributed by atoms with E-state index in [0.717, 1.165) is 16.9 Å². The number of benzene rings is 1. The van der Waals surface area contributed by atoms with E-state index in [1.54, 1.807) is 6.07 Å². The Balaban J connectivity index is 2.28. The van der Waals surface area contributed by atoms with E-state index in [4.69, 9.17) is 5.11 Å². The van der Waals surface area contributed by atoms with Crippen LogP contribution in [0.25, 0.3) is 10.4 Å². The molecule has 2 rings (SSSR count). The number of hydrogen-bond donors (Lipinski definition) is 1. The first-order chi connectivity index (χ1) is 7.98. The maximum atomic E-state index is 12.3. The molecule has 1 aromatic carbocycles. The number of aliphatic hydroxyl groups is 1. The second-order valence-corrected chi connectivity index (χ2v) is 4.63. The number of halogens is 3. The summed E-state index contributed by atoms with van der Waals surface area (Å²) in [5.41, 5.74) is 0.845. The van der Waals surface area contributed by atoms with Crippen molar-refractivity contribution < 1.29 is 18.3 Å². The van der Waals surface area contributed by atoms with Gasteiger partial charge in [-0.1, -0.05) is 30.3 Å². The molecule has 0 aliphatic rings. The minimum absolute atomic E-state index is 0.0867. The van der Waals surface area contributed by atoms with Crippen LogP contribution in [0.15, 0.2) is 42.5 Å². The van der Waals surface area contributed by atoms with Crippen molar-refractivity contribution in [1.29, 1.82) is 0 Å². The monoisotopic (exact) mass is 258 g/mol. The van der Waals surface area contributed by atoms with Crippen molar-refractivity contribution in [3.05, 3.63) is 47.3 Å². The van der Waals surface area contributed by atoms with Gasteiger partial charge in [0.2, 0.25) is 0 Å². The zero-order valence-electron chi connectivity index (χ0n) is 8.61. The second-order valence-electron chi connectivity index (χ2n) is 3.51. The van der Waals surface area contributed by atoms with Gasteiger partial charge in [-0.2, -0.15) is 13.2 Å². The van der Waals surface area contributed by atoms with E-state index in [9.17, 15) is 13.2 Å². The summed E-state index contributed by atoms with van der Waals surface area (Å²) in [6.45, 7) is 0. The van der Waals surface area contributed by atoms with E-state index in [1.165, 1.54) is 6.07 Å². The van der Waals surface area contributed by atoms with E-state index in [-0.39, 0.29) is 4.88 Å². The standard InChI is InChI=1S/C12H9F3OS/c13-12(14,15)11(16)10-7-6-9(17-10)8-4-2-1-3-5-8/h1-7,11,16H. The molecule has 5 heteroatoms. The van der Waals surface area contributed by atoms with Gasteiger partial charge in [0, 0.05) is 9.75 Å². The Hall–Kier alpha value is -1.33. The van der Waals surface area contributed by atoms with Gasteiger partial charge in [0.05, 0.1) is 0 Å². The summed E-state index contributed by atoms with van der Waals surface area (Å²) in [5, 5.41) is 9.10. The first kappa shape index (κ1) is 12.1. The van der Waals surface area contributed by atoms with Gasteiger partial charge in [-0.15, -0.1) is 11.3 Å². The molecule has 1 heterocycles. The summed E-state index contributed by atoms with van der Waals surface area (Å²) >= 11 is 0.951. The van der Waals surface area contributed by atoms with E-state index >= 15 is 0 Å². The molecule has 0 saturated heterocycles. The molecule has 0 aliphatic heterocycles. The molecule has 0 amide bonds. The fraction of sp³-hybridized carbons (Fsp3) is 0.167. The van der Waals surface area contributed by atoms with E-state index in [2.05, 4.69) is 0 Å². The molecule has 1 atom stereocenters. The Kier molecular flexibility index (Phi) is 3.22. The lowest BCUT2D eigenvalue weighted by atomic mass is 10.2. The lowest BCUT2D eigenvalue weighted by Crippen LogP contribution is -2.18. The summed E-state index contributed by atoms with van der Waals surface area (Å²) in [6.07, 6.45) is -7.01. The van der Waals surface area contributed by atoms with Crippen LogP contribution in [-0.2, 0) is 0 Å². The van der Waals surface area contributed by atoms with Gasteiger partial charge in [-0.3, -0.25) is 0 Å². The molecule has 1 N–H and O–H groups in total. The van der Waals surface area contributed by atoms with Crippen LogP contribution in [0.1, 0.15) is 11.0 Å². The molecule has 0 spiro atoms. The van der Waals surface area contributed by atoms with Gasteiger partial charge >= 0.3 is 6.18 Å². The van der Waals surface area contributed by atoms with Gasteiger partial charge in [0.15, 0.2) is 6.10 Å². The van der Waals surface area contributed by atoms with E-state index in [1.807, 2.05) is 30.3 Å². The van der Waals surface area contributed by atoms with Crippen LogP contribution in [0, 0.1) is 0 Å². The Bertz CT molecular complexity index is 490. The zero-order chi connectivity index (χ0) is 12.5. The molecule has 2 aromatic rings. The number of rotatable bonds is 2.